The maximum absolute atomic E-state index is 10.8. The predicted molar refractivity (Wildman–Crippen MR) is 71.3 cm³/mol. The van der Waals surface area contributed by atoms with E-state index in [1.54, 1.807) is 18.2 Å². The topological polar surface area (TPSA) is 95.3 Å². The maximum Gasteiger partial charge on any atom is 0.337 e. The Morgan fingerprint density at radius 3 is 2.89 bits per heavy atom. The standard InChI is InChI=1S/C12H12ClN3O3/c1-12(19,11(17)18)5-14-10-8-3-2-7(13)4-9(8)15-6-16-10/h2-4,6,19H,5H2,1H3,(H,17,18)(H,14,15,16). The Hall–Kier alpha value is -1.92. The van der Waals surface area contributed by atoms with Gasteiger partial charge in [0.05, 0.1) is 12.1 Å². The van der Waals surface area contributed by atoms with E-state index in [0.29, 0.717) is 21.7 Å². The first-order chi connectivity index (χ1) is 8.90. The second kappa shape index (κ2) is 4.99. The summed E-state index contributed by atoms with van der Waals surface area (Å²) in [6, 6.07) is 5.10. The van der Waals surface area contributed by atoms with Crippen LogP contribution in [0.15, 0.2) is 24.5 Å². The van der Waals surface area contributed by atoms with E-state index in [1.165, 1.54) is 13.3 Å². The third kappa shape index (κ3) is 2.91. The van der Waals surface area contributed by atoms with Gasteiger partial charge < -0.3 is 15.5 Å². The molecule has 2 rings (SSSR count). The molecule has 1 atom stereocenters. The third-order valence-corrected chi connectivity index (χ3v) is 2.89. The fraction of sp³-hybridized carbons (Fsp3) is 0.250. The lowest BCUT2D eigenvalue weighted by atomic mass is 10.1. The van der Waals surface area contributed by atoms with Crippen LogP contribution in [0, 0.1) is 0 Å². The molecular formula is C12H12ClN3O3. The van der Waals surface area contributed by atoms with Gasteiger partial charge in [0.2, 0.25) is 0 Å². The van der Waals surface area contributed by atoms with Gasteiger partial charge in [-0.2, -0.15) is 0 Å². The molecule has 0 aliphatic carbocycles. The Morgan fingerprint density at radius 2 is 2.21 bits per heavy atom. The van der Waals surface area contributed by atoms with Gasteiger partial charge in [0.25, 0.3) is 0 Å². The average Bonchev–Trinajstić information content (AvgIpc) is 2.35. The molecule has 1 aromatic heterocycles. The van der Waals surface area contributed by atoms with Crippen molar-refractivity contribution in [2.45, 2.75) is 12.5 Å². The predicted octanol–water partition coefficient (Wildman–Crippen LogP) is 1.53. The van der Waals surface area contributed by atoms with Gasteiger partial charge in [-0.05, 0) is 25.1 Å². The molecule has 1 heterocycles. The van der Waals surface area contributed by atoms with E-state index in [0.717, 1.165) is 0 Å². The second-order valence-electron chi connectivity index (χ2n) is 4.32. The van der Waals surface area contributed by atoms with E-state index in [9.17, 15) is 9.90 Å². The summed E-state index contributed by atoms with van der Waals surface area (Å²) in [5, 5.41) is 22.5. The number of fused-ring (bicyclic) bond motifs is 1. The Labute approximate surface area is 114 Å². The van der Waals surface area contributed by atoms with Crippen LogP contribution in [0.4, 0.5) is 5.82 Å². The molecule has 0 aliphatic heterocycles. The number of aromatic nitrogens is 2. The van der Waals surface area contributed by atoms with Crippen molar-refractivity contribution in [1.82, 2.24) is 9.97 Å². The molecule has 6 nitrogen and oxygen atoms in total. The Bertz CT molecular complexity index is 631. The minimum atomic E-state index is -1.87. The lowest BCUT2D eigenvalue weighted by Gasteiger charge is -2.19. The number of halogens is 1. The maximum atomic E-state index is 10.8. The number of carboxylic acids is 1. The number of nitrogens with zero attached hydrogens (tertiary/aromatic N) is 2. The van der Waals surface area contributed by atoms with Gasteiger partial charge in [-0.15, -0.1) is 0 Å². The first-order valence-corrected chi connectivity index (χ1v) is 5.88. The fourth-order valence-electron chi connectivity index (χ4n) is 1.50. The first-order valence-electron chi connectivity index (χ1n) is 5.50. The van der Waals surface area contributed by atoms with Crippen LogP contribution >= 0.6 is 11.6 Å². The van der Waals surface area contributed by atoms with Crippen LogP contribution in [0.1, 0.15) is 6.92 Å². The molecule has 0 saturated carbocycles. The molecule has 0 radical (unpaired) electrons. The lowest BCUT2D eigenvalue weighted by molar-refractivity contribution is -0.155. The number of aliphatic carboxylic acids is 1. The molecule has 1 unspecified atom stereocenters. The number of carbonyl (C=O) groups is 1. The van der Waals surface area contributed by atoms with E-state index < -0.39 is 11.6 Å². The molecular weight excluding hydrogens is 270 g/mol. The Kier molecular flexibility index (Phi) is 3.55. The van der Waals surface area contributed by atoms with E-state index in [2.05, 4.69) is 15.3 Å². The summed E-state index contributed by atoms with van der Waals surface area (Å²) in [6.07, 6.45) is 1.34. The number of hydrogen-bond donors (Lipinski definition) is 3. The molecule has 0 amide bonds. The number of benzene rings is 1. The van der Waals surface area contributed by atoms with E-state index in [-0.39, 0.29) is 6.54 Å². The van der Waals surface area contributed by atoms with Crippen LogP contribution in [-0.4, -0.2) is 38.3 Å². The molecule has 0 spiro atoms. The van der Waals surface area contributed by atoms with Crippen molar-refractivity contribution in [3.05, 3.63) is 29.5 Å². The van der Waals surface area contributed by atoms with Crippen molar-refractivity contribution in [3.8, 4) is 0 Å². The summed E-state index contributed by atoms with van der Waals surface area (Å²) in [5.74, 6) is -0.857. The lowest BCUT2D eigenvalue weighted by Crippen LogP contribution is -2.42. The summed E-state index contributed by atoms with van der Waals surface area (Å²) in [4.78, 5) is 18.9. The average molecular weight is 282 g/mol. The van der Waals surface area contributed by atoms with Crippen LogP contribution in [0.25, 0.3) is 10.9 Å². The highest BCUT2D eigenvalue weighted by Crippen LogP contribution is 2.22. The molecule has 0 bridgehead atoms. The SMILES string of the molecule is CC(O)(CNc1ncnc2cc(Cl)ccc12)C(=O)O. The number of hydrogen-bond acceptors (Lipinski definition) is 5. The highest BCUT2D eigenvalue weighted by Gasteiger charge is 2.29. The van der Waals surface area contributed by atoms with Gasteiger partial charge in [-0.3, -0.25) is 0 Å². The van der Waals surface area contributed by atoms with Crippen LogP contribution < -0.4 is 5.32 Å². The van der Waals surface area contributed by atoms with E-state index >= 15 is 0 Å². The van der Waals surface area contributed by atoms with Gasteiger partial charge in [0.1, 0.15) is 12.1 Å². The molecule has 100 valence electrons. The summed E-state index contributed by atoms with van der Waals surface area (Å²) in [7, 11) is 0. The molecule has 0 aliphatic rings. The summed E-state index contributed by atoms with van der Waals surface area (Å²) in [5.41, 5.74) is -1.23. The summed E-state index contributed by atoms with van der Waals surface area (Å²) in [6.45, 7) is 1.04. The van der Waals surface area contributed by atoms with Gasteiger partial charge in [-0.1, -0.05) is 11.6 Å². The van der Waals surface area contributed by atoms with Crippen LogP contribution in [0.2, 0.25) is 5.02 Å². The minimum absolute atomic E-state index is 0.170. The van der Waals surface area contributed by atoms with Crippen molar-refractivity contribution in [3.63, 3.8) is 0 Å². The number of nitrogens with one attached hydrogen (secondary N) is 1. The van der Waals surface area contributed by atoms with Crippen molar-refractivity contribution in [1.29, 1.82) is 0 Å². The zero-order chi connectivity index (χ0) is 14.0. The van der Waals surface area contributed by atoms with Crippen LogP contribution in [0.5, 0.6) is 0 Å². The zero-order valence-electron chi connectivity index (χ0n) is 10.1. The first kappa shape index (κ1) is 13.5. The summed E-state index contributed by atoms with van der Waals surface area (Å²) >= 11 is 5.86. The number of anilines is 1. The zero-order valence-corrected chi connectivity index (χ0v) is 10.8. The van der Waals surface area contributed by atoms with Crippen molar-refractivity contribution in [2.75, 3.05) is 11.9 Å². The van der Waals surface area contributed by atoms with Gasteiger partial charge >= 0.3 is 5.97 Å². The highest BCUT2D eigenvalue weighted by atomic mass is 35.5. The second-order valence-corrected chi connectivity index (χ2v) is 4.75. The van der Waals surface area contributed by atoms with Crippen molar-refractivity contribution >= 4 is 34.3 Å². The normalized spacial score (nSPS) is 14.1. The number of rotatable bonds is 4. The summed E-state index contributed by atoms with van der Waals surface area (Å²) < 4.78 is 0. The number of carboxylic acid groups (broad SMARTS) is 1. The van der Waals surface area contributed by atoms with Gasteiger partial charge in [-0.25, -0.2) is 14.8 Å². The van der Waals surface area contributed by atoms with E-state index in [4.69, 9.17) is 16.7 Å². The third-order valence-electron chi connectivity index (χ3n) is 2.66. The van der Waals surface area contributed by atoms with Gasteiger partial charge in [0, 0.05) is 10.4 Å². The molecule has 2 aromatic rings. The quantitative estimate of drug-likeness (QED) is 0.787. The molecule has 1 aromatic carbocycles. The van der Waals surface area contributed by atoms with Crippen molar-refractivity contribution < 1.29 is 15.0 Å². The minimum Gasteiger partial charge on any atom is -0.479 e. The van der Waals surface area contributed by atoms with Crippen LogP contribution in [0.3, 0.4) is 0 Å². The highest BCUT2D eigenvalue weighted by molar-refractivity contribution is 6.31. The van der Waals surface area contributed by atoms with Gasteiger partial charge in [0.15, 0.2) is 5.60 Å². The smallest absolute Gasteiger partial charge is 0.337 e. The largest absolute Gasteiger partial charge is 0.479 e. The van der Waals surface area contributed by atoms with Crippen LogP contribution in [-0.2, 0) is 4.79 Å². The molecule has 0 fully saturated rings. The Balaban J connectivity index is 2.29. The molecule has 0 saturated heterocycles. The molecule has 3 N–H and O–H groups in total. The fourth-order valence-corrected chi connectivity index (χ4v) is 1.67. The molecule has 7 heteroatoms. The number of aliphatic hydroxyl groups is 1. The molecule has 19 heavy (non-hydrogen) atoms. The Morgan fingerprint density at radius 1 is 1.47 bits per heavy atom. The monoisotopic (exact) mass is 281 g/mol. The van der Waals surface area contributed by atoms with Crippen molar-refractivity contribution in [2.24, 2.45) is 0 Å². The van der Waals surface area contributed by atoms with E-state index in [1.807, 2.05) is 0 Å².